The van der Waals surface area contributed by atoms with E-state index in [1.165, 1.54) is 212 Å². The van der Waals surface area contributed by atoms with Gasteiger partial charge in [-0.05, 0) is 66.8 Å². The smallest absolute Gasteiger partial charge is 0.203 e. The van der Waals surface area contributed by atoms with Crippen molar-refractivity contribution in [2.24, 2.45) is 5.11 Å². The third-order valence-electron chi connectivity index (χ3n) is 12.2. The number of azide groups is 1. The normalized spacial score (nSPS) is 11.1. The van der Waals surface area contributed by atoms with Crippen molar-refractivity contribution in [1.82, 2.24) is 0 Å². The van der Waals surface area contributed by atoms with E-state index in [0.29, 0.717) is 37.9 Å². The number of rotatable bonds is 46. The van der Waals surface area contributed by atoms with Crippen molar-refractivity contribution >= 4 is 5.69 Å². The van der Waals surface area contributed by atoms with Crippen LogP contribution in [0.4, 0.5) is 5.69 Å². The average Bonchev–Trinajstić information content (AvgIpc) is 3.28. The van der Waals surface area contributed by atoms with E-state index >= 15 is 0 Å². The monoisotopic (exact) mass is 862 g/mol. The van der Waals surface area contributed by atoms with Gasteiger partial charge in [0.05, 0.1) is 19.8 Å². The molecule has 0 aliphatic carbocycles. The van der Waals surface area contributed by atoms with Gasteiger partial charge in [-0.15, -0.1) is 0 Å². The maximum Gasteiger partial charge on any atom is 0.203 e. The summed E-state index contributed by atoms with van der Waals surface area (Å²) in [4.78, 5) is 2.89. The molecular weight excluding hydrogens is 767 g/mol. The summed E-state index contributed by atoms with van der Waals surface area (Å²) in [7, 11) is 0. The minimum atomic E-state index is 0.365. The van der Waals surface area contributed by atoms with Gasteiger partial charge in [-0.25, -0.2) is 0 Å². The molecule has 0 atom stereocenters. The van der Waals surface area contributed by atoms with Gasteiger partial charge in [0.25, 0.3) is 0 Å². The molecule has 0 heterocycles. The first-order valence-electron chi connectivity index (χ1n) is 26.5. The minimum Gasteiger partial charge on any atom is -0.490 e. The maximum atomic E-state index is 8.81. The number of nitrogens with zero attached hydrogens (tertiary/aromatic N) is 3. The lowest BCUT2D eigenvalue weighted by molar-refractivity contribution is 0.232. The first-order chi connectivity index (χ1) is 30.7. The summed E-state index contributed by atoms with van der Waals surface area (Å²) in [5, 5.41) is 3.69. The highest BCUT2D eigenvalue weighted by atomic mass is 16.5. The lowest BCUT2D eigenvalue weighted by atomic mass is 10.1. The van der Waals surface area contributed by atoms with Gasteiger partial charge in [-0.1, -0.05) is 238 Å². The molecule has 0 amide bonds. The molecule has 0 radical (unpaired) electrons. The molecule has 2 aromatic rings. The molecule has 0 saturated heterocycles. The van der Waals surface area contributed by atoms with Crippen LogP contribution in [0.25, 0.3) is 10.4 Å². The van der Waals surface area contributed by atoms with E-state index in [0.717, 1.165) is 42.1 Å². The highest BCUT2D eigenvalue weighted by molar-refractivity contribution is 5.54. The number of ether oxygens (including phenoxy) is 4. The summed E-state index contributed by atoms with van der Waals surface area (Å²) in [6, 6.07) is 11.4. The van der Waals surface area contributed by atoms with Crippen LogP contribution in [0, 0.1) is 0 Å². The highest BCUT2D eigenvalue weighted by Gasteiger charge is 2.17. The van der Waals surface area contributed by atoms with Gasteiger partial charge in [-0.2, -0.15) is 0 Å². The Morgan fingerprint density at radius 2 is 0.694 bits per heavy atom. The molecule has 0 saturated carbocycles. The number of benzene rings is 2. The zero-order valence-corrected chi connectivity index (χ0v) is 40.7. The Kier molecular flexibility index (Phi) is 37.3. The second-order valence-corrected chi connectivity index (χ2v) is 18.1. The van der Waals surface area contributed by atoms with Gasteiger partial charge in [0.2, 0.25) is 5.75 Å². The fraction of sp³-hybridized carbons (Fsp3) is 0.782. The molecule has 2 rings (SSSR count). The van der Waals surface area contributed by atoms with Crippen LogP contribution in [0.15, 0.2) is 41.5 Å². The summed E-state index contributed by atoms with van der Waals surface area (Å²) in [5.41, 5.74) is 10.4. The van der Waals surface area contributed by atoms with Crippen molar-refractivity contribution in [3.8, 4) is 23.0 Å². The van der Waals surface area contributed by atoms with Crippen molar-refractivity contribution in [1.29, 1.82) is 0 Å². The van der Waals surface area contributed by atoms with E-state index in [4.69, 9.17) is 24.5 Å². The second-order valence-electron chi connectivity index (χ2n) is 18.1. The quantitative estimate of drug-likeness (QED) is 0.0287. The summed E-state index contributed by atoms with van der Waals surface area (Å²) in [6.07, 6.45) is 47.5. The number of hydrogen-bond donors (Lipinski definition) is 0. The summed E-state index contributed by atoms with van der Waals surface area (Å²) >= 11 is 0. The highest BCUT2D eigenvalue weighted by Crippen LogP contribution is 2.40. The van der Waals surface area contributed by atoms with Crippen LogP contribution in [0.3, 0.4) is 0 Å². The largest absolute Gasteiger partial charge is 0.490 e. The lowest BCUT2D eigenvalue weighted by Crippen LogP contribution is -2.08. The van der Waals surface area contributed by atoms with Crippen molar-refractivity contribution < 1.29 is 18.9 Å². The molecular formula is C55H95N3O4. The van der Waals surface area contributed by atoms with Gasteiger partial charge < -0.3 is 18.9 Å². The molecule has 354 valence electrons. The average molecular weight is 862 g/mol. The topological polar surface area (TPSA) is 85.7 Å². The van der Waals surface area contributed by atoms with E-state index in [-0.39, 0.29) is 0 Å². The van der Waals surface area contributed by atoms with E-state index in [1.54, 1.807) is 12.1 Å². The van der Waals surface area contributed by atoms with Gasteiger partial charge in [-0.3, -0.25) is 0 Å². The Balaban J connectivity index is 1.99. The first kappa shape index (κ1) is 55.1. The van der Waals surface area contributed by atoms with E-state index in [9.17, 15) is 0 Å². The third kappa shape index (κ3) is 30.9. The van der Waals surface area contributed by atoms with Crippen molar-refractivity contribution in [2.45, 2.75) is 259 Å². The van der Waals surface area contributed by atoms with Crippen LogP contribution in [0.5, 0.6) is 23.0 Å². The van der Waals surface area contributed by atoms with Crippen LogP contribution in [-0.2, 0) is 6.61 Å². The van der Waals surface area contributed by atoms with E-state index in [1.807, 2.05) is 12.1 Å². The maximum absolute atomic E-state index is 8.81. The Hall–Kier alpha value is -3.05. The molecule has 0 bridgehead atoms. The van der Waals surface area contributed by atoms with Gasteiger partial charge in [0.1, 0.15) is 12.4 Å². The van der Waals surface area contributed by atoms with Crippen LogP contribution in [0.1, 0.15) is 257 Å². The molecule has 0 aliphatic heterocycles. The van der Waals surface area contributed by atoms with Crippen molar-refractivity contribution in [3.05, 3.63) is 52.4 Å². The van der Waals surface area contributed by atoms with Crippen LogP contribution in [0.2, 0.25) is 0 Å². The third-order valence-corrected chi connectivity index (χ3v) is 12.2. The van der Waals surface area contributed by atoms with Gasteiger partial charge >= 0.3 is 0 Å². The summed E-state index contributed by atoms with van der Waals surface area (Å²) in [6.45, 7) is 9.22. The summed E-state index contributed by atoms with van der Waals surface area (Å²) in [5.74, 6) is 2.98. The fourth-order valence-corrected chi connectivity index (χ4v) is 8.27. The predicted octanol–water partition coefficient (Wildman–Crippen LogP) is 19.4. The molecule has 7 heteroatoms. The zero-order chi connectivity index (χ0) is 44.2. The molecule has 62 heavy (non-hydrogen) atoms. The molecule has 0 fully saturated rings. The predicted molar refractivity (Wildman–Crippen MR) is 266 cm³/mol. The Morgan fingerprint density at radius 3 is 1.02 bits per heavy atom. The van der Waals surface area contributed by atoms with Crippen LogP contribution >= 0.6 is 0 Å². The first-order valence-corrected chi connectivity index (χ1v) is 26.5. The van der Waals surface area contributed by atoms with Gasteiger partial charge in [0, 0.05) is 10.6 Å². The molecule has 0 aromatic heterocycles. The van der Waals surface area contributed by atoms with Crippen molar-refractivity contribution in [2.75, 3.05) is 19.8 Å². The lowest BCUT2D eigenvalue weighted by Gasteiger charge is -2.19. The molecule has 0 spiro atoms. The SMILES string of the molecule is CCCCCCCCCCCCCCOc1cc(COc2ccc(N=[N+]=[N-])cc2)cc(OCCCCCCCCCCCCCC)c1OCCCCCCCCCCCCCC. The fourth-order valence-electron chi connectivity index (χ4n) is 8.27. The van der Waals surface area contributed by atoms with Gasteiger partial charge in [0.15, 0.2) is 11.5 Å². The van der Waals surface area contributed by atoms with Crippen LogP contribution in [-0.4, -0.2) is 19.8 Å². The minimum absolute atomic E-state index is 0.365. The molecule has 0 aliphatic rings. The number of unbranched alkanes of at least 4 members (excludes halogenated alkanes) is 33. The Bertz CT molecular complexity index is 1280. The molecule has 0 unspecified atom stereocenters. The molecule has 7 nitrogen and oxygen atoms in total. The van der Waals surface area contributed by atoms with E-state index in [2.05, 4.69) is 42.9 Å². The van der Waals surface area contributed by atoms with E-state index < -0.39 is 0 Å². The summed E-state index contributed by atoms with van der Waals surface area (Å²) < 4.78 is 26.0. The van der Waals surface area contributed by atoms with Crippen LogP contribution < -0.4 is 18.9 Å². The molecule has 0 N–H and O–H groups in total. The standard InChI is InChI=1S/C55H95N3O4/c1-4-7-10-13-16-19-22-25-28-31-34-37-44-59-53-47-50(49-62-52-42-40-51(41-43-52)57-58-56)48-54(60-45-38-35-32-29-26-23-20-17-14-11-8-5-2)55(53)61-46-39-36-33-30-27-24-21-18-15-12-9-6-3/h40-43,47-48H,4-39,44-46,49H2,1-3H3. The Morgan fingerprint density at radius 1 is 0.387 bits per heavy atom. The Labute approximate surface area is 382 Å². The number of hydrogen-bond acceptors (Lipinski definition) is 5. The second kappa shape index (κ2) is 41.9. The zero-order valence-electron chi connectivity index (χ0n) is 40.7. The molecule has 2 aromatic carbocycles. The van der Waals surface area contributed by atoms with Crippen molar-refractivity contribution in [3.63, 3.8) is 0 Å².